The van der Waals surface area contributed by atoms with Gasteiger partial charge in [-0.25, -0.2) is 8.78 Å². The van der Waals surface area contributed by atoms with Gasteiger partial charge in [0.1, 0.15) is 0 Å². The molecule has 1 heterocycles. The lowest BCUT2D eigenvalue weighted by atomic mass is 9.95. The van der Waals surface area contributed by atoms with E-state index in [0.29, 0.717) is 12.5 Å². The van der Waals surface area contributed by atoms with E-state index in [0.717, 1.165) is 32.0 Å². The first kappa shape index (κ1) is 14.4. The lowest BCUT2D eigenvalue weighted by Gasteiger charge is -2.33. The maximum atomic E-state index is 13.6. The van der Waals surface area contributed by atoms with Gasteiger partial charge in [0.15, 0.2) is 11.6 Å². The highest BCUT2D eigenvalue weighted by atomic mass is 19.2. The van der Waals surface area contributed by atoms with Crippen LogP contribution < -0.4 is 0 Å². The molecule has 106 valence electrons. The van der Waals surface area contributed by atoms with E-state index in [1.807, 2.05) is 0 Å². The molecule has 4 heteroatoms. The molecule has 2 unspecified atom stereocenters. The first-order chi connectivity index (χ1) is 9.11. The number of β-amino-alcohol motifs (C(OH)–C–C–N with tert-alkyl or cyclic N) is 1. The van der Waals surface area contributed by atoms with Crippen molar-refractivity contribution in [2.24, 2.45) is 5.92 Å². The fourth-order valence-electron chi connectivity index (χ4n) is 2.77. The van der Waals surface area contributed by atoms with Gasteiger partial charge in [0.25, 0.3) is 0 Å². The molecule has 1 fully saturated rings. The molecule has 0 aromatic heterocycles. The predicted molar refractivity (Wildman–Crippen MR) is 70.8 cm³/mol. The number of aliphatic hydroxyl groups is 1. The van der Waals surface area contributed by atoms with Crippen LogP contribution in [0.15, 0.2) is 18.2 Å². The van der Waals surface area contributed by atoms with Crippen LogP contribution >= 0.6 is 0 Å². The average molecular weight is 269 g/mol. The van der Waals surface area contributed by atoms with Gasteiger partial charge in [-0.2, -0.15) is 0 Å². The number of halogens is 2. The fraction of sp³-hybridized carbons (Fsp3) is 0.600. The molecule has 0 aliphatic carbocycles. The van der Waals surface area contributed by atoms with E-state index in [9.17, 15) is 13.9 Å². The first-order valence-electron chi connectivity index (χ1n) is 6.96. The van der Waals surface area contributed by atoms with Crippen LogP contribution in [-0.4, -0.2) is 29.6 Å². The number of hydrogen-bond donors (Lipinski definition) is 1. The van der Waals surface area contributed by atoms with Crippen LogP contribution in [0.5, 0.6) is 0 Å². The Hall–Kier alpha value is -1.00. The maximum absolute atomic E-state index is 13.6. The third-order valence-corrected chi connectivity index (χ3v) is 3.95. The van der Waals surface area contributed by atoms with Gasteiger partial charge < -0.3 is 10.0 Å². The molecule has 0 spiro atoms. The molecule has 2 nitrogen and oxygen atoms in total. The second kappa shape index (κ2) is 6.44. The van der Waals surface area contributed by atoms with E-state index in [2.05, 4.69) is 11.8 Å². The topological polar surface area (TPSA) is 23.5 Å². The third kappa shape index (κ3) is 3.51. The number of rotatable bonds is 4. The Morgan fingerprint density at radius 2 is 2.21 bits per heavy atom. The number of hydrogen-bond acceptors (Lipinski definition) is 2. The van der Waals surface area contributed by atoms with Crippen molar-refractivity contribution < 1.29 is 13.9 Å². The molecule has 1 aromatic carbocycles. The molecule has 2 atom stereocenters. The Balaban J connectivity index is 2.00. The zero-order chi connectivity index (χ0) is 13.8. The van der Waals surface area contributed by atoms with Gasteiger partial charge in [-0.05, 0) is 31.4 Å². The molecule has 1 aromatic rings. The van der Waals surface area contributed by atoms with Crippen molar-refractivity contribution in [3.05, 3.63) is 35.4 Å². The van der Waals surface area contributed by atoms with Crippen molar-refractivity contribution >= 4 is 0 Å². The summed E-state index contributed by atoms with van der Waals surface area (Å²) >= 11 is 0. The highest BCUT2D eigenvalue weighted by molar-refractivity contribution is 5.21. The first-order valence-corrected chi connectivity index (χ1v) is 6.96. The number of aliphatic hydroxyl groups excluding tert-OH is 1. The van der Waals surface area contributed by atoms with Crippen molar-refractivity contribution in [1.29, 1.82) is 0 Å². The fourth-order valence-corrected chi connectivity index (χ4v) is 2.77. The number of piperidine rings is 1. The normalized spacial score (nSPS) is 22.4. The number of benzene rings is 1. The van der Waals surface area contributed by atoms with E-state index in [1.54, 1.807) is 0 Å². The van der Waals surface area contributed by atoms with Crippen molar-refractivity contribution in [3.63, 3.8) is 0 Å². The number of nitrogens with zero attached hydrogens (tertiary/aromatic N) is 1. The molecule has 0 amide bonds. The van der Waals surface area contributed by atoms with E-state index in [1.165, 1.54) is 18.6 Å². The lowest BCUT2D eigenvalue weighted by Crippen LogP contribution is -2.38. The standard InChI is InChI=1S/C15H21F2NO/c1-2-11-5-4-8-18(9-11)10-14(19)12-6-3-7-13(16)15(12)17/h3,6-7,11,14,19H,2,4-5,8-10H2,1H3. The smallest absolute Gasteiger partial charge is 0.164 e. The van der Waals surface area contributed by atoms with Gasteiger partial charge in [0.05, 0.1) is 6.10 Å². The van der Waals surface area contributed by atoms with Crippen molar-refractivity contribution in [3.8, 4) is 0 Å². The lowest BCUT2D eigenvalue weighted by molar-refractivity contribution is 0.0811. The Bertz CT molecular complexity index is 425. The van der Waals surface area contributed by atoms with Gasteiger partial charge >= 0.3 is 0 Å². The van der Waals surface area contributed by atoms with Crippen LogP contribution in [0.4, 0.5) is 8.78 Å². The predicted octanol–water partition coefficient (Wildman–Crippen LogP) is 3.12. The molecule has 0 bridgehead atoms. The summed E-state index contributed by atoms with van der Waals surface area (Å²) in [5.41, 5.74) is 0.0543. The Kier molecular flexibility index (Phi) is 4.88. The van der Waals surface area contributed by atoms with Crippen LogP contribution in [0.1, 0.15) is 37.9 Å². The zero-order valence-corrected chi connectivity index (χ0v) is 11.3. The van der Waals surface area contributed by atoms with Gasteiger partial charge in [0, 0.05) is 18.7 Å². The minimum atomic E-state index is -0.966. The molecular formula is C15H21F2NO. The molecule has 19 heavy (non-hydrogen) atoms. The molecule has 0 radical (unpaired) electrons. The van der Waals surface area contributed by atoms with Crippen molar-refractivity contribution in [1.82, 2.24) is 4.90 Å². The number of likely N-dealkylation sites (tertiary alicyclic amines) is 1. The minimum Gasteiger partial charge on any atom is -0.387 e. The van der Waals surface area contributed by atoms with Crippen LogP contribution in [0.2, 0.25) is 0 Å². The molecule has 1 aliphatic heterocycles. The molecule has 1 aliphatic rings. The molecule has 0 saturated carbocycles. The van der Waals surface area contributed by atoms with Gasteiger partial charge in [-0.15, -0.1) is 0 Å². The minimum absolute atomic E-state index is 0.0543. The van der Waals surface area contributed by atoms with Gasteiger partial charge in [0.2, 0.25) is 0 Å². The quantitative estimate of drug-likeness (QED) is 0.907. The second-order valence-corrected chi connectivity index (χ2v) is 5.33. The molecule has 2 rings (SSSR count). The maximum Gasteiger partial charge on any atom is 0.164 e. The third-order valence-electron chi connectivity index (χ3n) is 3.95. The van der Waals surface area contributed by atoms with E-state index >= 15 is 0 Å². The molecule has 1 saturated heterocycles. The Labute approximate surface area is 113 Å². The van der Waals surface area contributed by atoms with Crippen LogP contribution in [0.25, 0.3) is 0 Å². The average Bonchev–Trinajstić information content (AvgIpc) is 2.42. The molecule has 1 N–H and O–H groups in total. The van der Waals surface area contributed by atoms with Crippen LogP contribution in [0.3, 0.4) is 0 Å². The summed E-state index contributed by atoms with van der Waals surface area (Å²) in [6, 6.07) is 3.95. The second-order valence-electron chi connectivity index (χ2n) is 5.33. The summed E-state index contributed by atoms with van der Waals surface area (Å²) in [6.45, 7) is 4.39. The van der Waals surface area contributed by atoms with Crippen LogP contribution in [0, 0.1) is 17.6 Å². The summed E-state index contributed by atoms with van der Waals surface area (Å²) in [6.07, 6.45) is 2.49. The summed E-state index contributed by atoms with van der Waals surface area (Å²) in [7, 11) is 0. The van der Waals surface area contributed by atoms with E-state index in [-0.39, 0.29) is 5.56 Å². The highest BCUT2D eigenvalue weighted by Gasteiger charge is 2.23. The largest absolute Gasteiger partial charge is 0.387 e. The summed E-state index contributed by atoms with van der Waals surface area (Å²) in [5.74, 6) is -1.18. The van der Waals surface area contributed by atoms with E-state index in [4.69, 9.17) is 0 Å². The van der Waals surface area contributed by atoms with Gasteiger partial charge in [-0.1, -0.05) is 25.5 Å². The van der Waals surface area contributed by atoms with Crippen LogP contribution in [-0.2, 0) is 0 Å². The Morgan fingerprint density at radius 3 is 2.95 bits per heavy atom. The summed E-state index contributed by atoms with van der Waals surface area (Å²) in [5, 5.41) is 10.1. The van der Waals surface area contributed by atoms with Crippen molar-refractivity contribution in [2.45, 2.75) is 32.3 Å². The highest BCUT2D eigenvalue weighted by Crippen LogP contribution is 2.24. The Morgan fingerprint density at radius 1 is 1.42 bits per heavy atom. The molecular weight excluding hydrogens is 248 g/mol. The SMILES string of the molecule is CCC1CCCN(CC(O)c2cccc(F)c2F)C1. The zero-order valence-electron chi connectivity index (χ0n) is 11.3. The van der Waals surface area contributed by atoms with Crippen molar-refractivity contribution in [2.75, 3.05) is 19.6 Å². The summed E-state index contributed by atoms with van der Waals surface area (Å²) in [4.78, 5) is 2.15. The van der Waals surface area contributed by atoms with E-state index < -0.39 is 17.7 Å². The monoisotopic (exact) mass is 269 g/mol. The van der Waals surface area contributed by atoms with Gasteiger partial charge in [-0.3, -0.25) is 0 Å². The summed E-state index contributed by atoms with van der Waals surface area (Å²) < 4.78 is 26.7.